The van der Waals surface area contributed by atoms with E-state index in [2.05, 4.69) is 27.8 Å². The molecule has 0 saturated carbocycles. The van der Waals surface area contributed by atoms with Gasteiger partial charge in [-0.25, -0.2) is 0 Å². The lowest BCUT2D eigenvalue weighted by Gasteiger charge is -2.05. The van der Waals surface area contributed by atoms with Crippen molar-refractivity contribution in [3.8, 4) is 6.07 Å². The number of benzene rings is 1. The van der Waals surface area contributed by atoms with Crippen LogP contribution in [0.3, 0.4) is 0 Å². The number of nitrogens with zero attached hydrogens (tertiary/aromatic N) is 3. The third-order valence-corrected chi connectivity index (χ3v) is 3.30. The molecule has 0 spiro atoms. The molecule has 0 unspecified atom stereocenters. The normalized spacial score (nSPS) is 10.5. The maximum atomic E-state index is 9.09. The van der Waals surface area contributed by atoms with E-state index in [1.54, 1.807) is 6.20 Å². The van der Waals surface area contributed by atoms with Crippen molar-refractivity contribution in [2.45, 2.75) is 13.0 Å². The summed E-state index contributed by atoms with van der Waals surface area (Å²) in [5.74, 6) is 0. The molecule has 0 aliphatic rings. The van der Waals surface area contributed by atoms with E-state index in [0.717, 1.165) is 29.4 Å². The van der Waals surface area contributed by atoms with Crippen molar-refractivity contribution in [2.24, 2.45) is 0 Å². The van der Waals surface area contributed by atoms with E-state index in [9.17, 15) is 0 Å². The van der Waals surface area contributed by atoms with Crippen molar-refractivity contribution in [2.75, 3.05) is 0 Å². The summed E-state index contributed by atoms with van der Waals surface area (Å²) >= 11 is 0. The summed E-state index contributed by atoms with van der Waals surface area (Å²) in [4.78, 5) is 4.12. The number of pyridine rings is 1. The Morgan fingerprint density at radius 3 is 2.89 bits per heavy atom. The number of hydrogen-bond acceptors (Lipinski definition) is 2. The monoisotopic (exact) mass is 247 g/mol. The van der Waals surface area contributed by atoms with E-state index in [0.29, 0.717) is 0 Å². The summed E-state index contributed by atoms with van der Waals surface area (Å²) in [5, 5.41) is 10.1. The van der Waals surface area contributed by atoms with Crippen LogP contribution in [0.4, 0.5) is 0 Å². The van der Waals surface area contributed by atoms with Crippen molar-refractivity contribution >= 4 is 10.9 Å². The summed E-state index contributed by atoms with van der Waals surface area (Å²) in [7, 11) is 0. The Bertz CT molecular complexity index is 736. The van der Waals surface area contributed by atoms with Crippen molar-refractivity contribution in [1.82, 2.24) is 9.55 Å². The Labute approximate surface area is 111 Å². The van der Waals surface area contributed by atoms with Crippen molar-refractivity contribution < 1.29 is 0 Å². The highest BCUT2D eigenvalue weighted by molar-refractivity contribution is 5.85. The Hall–Kier alpha value is -2.60. The molecule has 2 heterocycles. The fourth-order valence-corrected chi connectivity index (χ4v) is 2.31. The second-order valence-corrected chi connectivity index (χ2v) is 4.47. The van der Waals surface area contributed by atoms with Crippen LogP contribution in [0, 0.1) is 11.3 Å². The number of rotatable bonds is 3. The summed E-state index contributed by atoms with van der Waals surface area (Å²) in [6, 6.07) is 14.1. The van der Waals surface area contributed by atoms with E-state index in [-0.39, 0.29) is 0 Å². The standard InChI is InChI=1S/C16H13N3/c17-11-14-4-1-5-16-15(14)7-10-19(16)9-6-13-3-2-8-18-12-13/h1-5,7-8,10,12H,6,9H2. The molecule has 0 N–H and O–H groups in total. The first-order chi connectivity index (χ1) is 9.38. The number of nitriles is 1. The Balaban J connectivity index is 1.88. The molecule has 0 amide bonds. The average molecular weight is 247 g/mol. The molecule has 3 rings (SSSR count). The highest BCUT2D eigenvalue weighted by Gasteiger charge is 2.04. The second-order valence-electron chi connectivity index (χ2n) is 4.47. The van der Waals surface area contributed by atoms with Gasteiger partial charge in [0.05, 0.1) is 11.6 Å². The van der Waals surface area contributed by atoms with Crippen molar-refractivity contribution in [3.63, 3.8) is 0 Å². The van der Waals surface area contributed by atoms with E-state index < -0.39 is 0 Å². The van der Waals surface area contributed by atoms with Gasteiger partial charge in [-0.1, -0.05) is 12.1 Å². The zero-order valence-electron chi connectivity index (χ0n) is 10.5. The molecule has 0 atom stereocenters. The minimum absolute atomic E-state index is 0.734. The molecule has 0 saturated heterocycles. The molecule has 1 aromatic carbocycles. The van der Waals surface area contributed by atoms with Crippen molar-refractivity contribution in [3.05, 3.63) is 66.1 Å². The van der Waals surface area contributed by atoms with Crippen LogP contribution in [-0.2, 0) is 13.0 Å². The maximum absolute atomic E-state index is 9.09. The zero-order chi connectivity index (χ0) is 13.1. The third kappa shape index (κ3) is 2.21. The predicted molar refractivity (Wildman–Crippen MR) is 74.6 cm³/mol. The molecule has 0 aliphatic heterocycles. The van der Waals surface area contributed by atoms with Crippen LogP contribution in [0.1, 0.15) is 11.1 Å². The molecular formula is C16H13N3. The second kappa shape index (κ2) is 4.95. The van der Waals surface area contributed by atoms with Gasteiger partial charge in [-0.15, -0.1) is 0 Å². The van der Waals surface area contributed by atoms with Gasteiger partial charge in [-0.3, -0.25) is 4.98 Å². The lowest BCUT2D eigenvalue weighted by molar-refractivity contribution is 0.721. The predicted octanol–water partition coefficient (Wildman–Crippen LogP) is 3.15. The largest absolute Gasteiger partial charge is 0.347 e. The fourth-order valence-electron chi connectivity index (χ4n) is 2.31. The Morgan fingerprint density at radius 2 is 2.11 bits per heavy atom. The SMILES string of the molecule is N#Cc1cccc2c1ccn2CCc1cccnc1. The first-order valence-electron chi connectivity index (χ1n) is 6.25. The zero-order valence-corrected chi connectivity index (χ0v) is 10.5. The van der Waals surface area contributed by atoms with Crippen LogP contribution in [0.2, 0.25) is 0 Å². The van der Waals surface area contributed by atoms with E-state index in [1.165, 1.54) is 5.56 Å². The van der Waals surface area contributed by atoms with Gasteiger partial charge in [0, 0.05) is 36.0 Å². The van der Waals surface area contributed by atoms with Crippen molar-refractivity contribution in [1.29, 1.82) is 5.26 Å². The van der Waals surface area contributed by atoms with Gasteiger partial charge in [0.15, 0.2) is 0 Å². The molecular weight excluding hydrogens is 234 g/mol. The van der Waals surface area contributed by atoms with Crippen LogP contribution >= 0.6 is 0 Å². The Morgan fingerprint density at radius 1 is 1.16 bits per heavy atom. The van der Waals surface area contributed by atoms with Gasteiger partial charge >= 0.3 is 0 Å². The van der Waals surface area contributed by atoms with Gasteiger partial charge in [0.1, 0.15) is 0 Å². The number of aromatic nitrogens is 2. The van der Waals surface area contributed by atoms with Crippen LogP contribution in [0.15, 0.2) is 55.0 Å². The molecule has 3 aromatic rings. The molecule has 0 aliphatic carbocycles. The number of fused-ring (bicyclic) bond motifs is 1. The summed E-state index contributed by atoms with van der Waals surface area (Å²) in [6.45, 7) is 0.893. The quantitative estimate of drug-likeness (QED) is 0.713. The van der Waals surface area contributed by atoms with E-state index >= 15 is 0 Å². The lowest BCUT2D eigenvalue weighted by Crippen LogP contribution is -1.99. The van der Waals surface area contributed by atoms with Crippen LogP contribution < -0.4 is 0 Å². The molecule has 92 valence electrons. The summed E-state index contributed by atoms with van der Waals surface area (Å²) in [6.07, 6.45) is 6.66. The van der Waals surface area contributed by atoms with E-state index in [4.69, 9.17) is 5.26 Å². The summed E-state index contributed by atoms with van der Waals surface area (Å²) in [5.41, 5.74) is 3.07. The first-order valence-corrected chi connectivity index (χ1v) is 6.25. The molecule has 0 bridgehead atoms. The smallest absolute Gasteiger partial charge is 0.0998 e. The molecule has 3 heteroatoms. The van der Waals surface area contributed by atoms with Gasteiger partial charge < -0.3 is 4.57 Å². The molecule has 2 aromatic heterocycles. The fraction of sp³-hybridized carbons (Fsp3) is 0.125. The van der Waals surface area contributed by atoms with Crippen LogP contribution in [0.25, 0.3) is 10.9 Å². The minimum atomic E-state index is 0.734. The maximum Gasteiger partial charge on any atom is 0.0998 e. The topological polar surface area (TPSA) is 41.6 Å². The molecule has 3 nitrogen and oxygen atoms in total. The minimum Gasteiger partial charge on any atom is -0.347 e. The van der Waals surface area contributed by atoms with Crippen LogP contribution in [0.5, 0.6) is 0 Å². The highest BCUT2D eigenvalue weighted by atomic mass is 14.9. The van der Waals surface area contributed by atoms with Gasteiger partial charge in [-0.05, 0) is 36.2 Å². The third-order valence-electron chi connectivity index (χ3n) is 3.30. The average Bonchev–Trinajstić information content (AvgIpc) is 2.89. The van der Waals surface area contributed by atoms with E-state index in [1.807, 2.05) is 36.7 Å². The molecule has 0 fully saturated rings. The highest BCUT2D eigenvalue weighted by Crippen LogP contribution is 2.20. The van der Waals surface area contributed by atoms with Gasteiger partial charge in [0.2, 0.25) is 0 Å². The Kier molecular flexibility index (Phi) is 2.99. The summed E-state index contributed by atoms with van der Waals surface area (Å²) < 4.78 is 2.18. The molecule has 19 heavy (non-hydrogen) atoms. The molecule has 0 radical (unpaired) electrons. The van der Waals surface area contributed by atoms with Gasteiger partial charge in [-0.2, -0.15) is 5.26 Å². The number of aryl methyl sites for hydroxylation is 2. The number of hydrogen-bond donors (Lipinski definition) is 0. The van der Waals surface area contributed by atoms with Gasteiger partial charge in [0.25, 0.3) is 0 Å². The first kappa shape index (κ1) is 11.5. The lowest BCUT2D eigenvalue weighted by atomic mass is 10.1. The van der Waals surface area contributed by atoms with Crippen LogP contribution in [-0.4, -0.2) is 9.55 Å².